The molecule has 6 nitrogen and oxygen atoms in total. The summed E-state index contributed by atoms with van der Waals surface area (Å²) >= 11 is 0. The number of hydrogen-bond donors (Lipinski definition) is 2. The summed E-state index contributed by atoms with van der Waals surface area (Å²) in [6.45, 7) is -2.03. The highest BCUT2D eigenvalue weighted by Crippen LogP contribution is 2.31. The van der Waals surface area contributed by atoms with Crippen molar-refractivity contribution < 1.29 is 18.3 Å². The number of aromatic nitrogens is 1. The first-order valence-electron chi connectivity index (χ1n) is 7.80. The van der Waals surface area contributed by atoms with Crippen LogP contribution < -0.4 is 20.5 Å². The summed E-state index contributed by atoms with van der Waals surface area (Å²) in [5.74, 6) is 1.14. The second-order valence-electron chi connectivity index (χ2n) is 5.44. The Morgan fingerprint density at radius 3 is 2.96 bits per heavy atom. The standard InChI is InChI=1S/C17H18F2N4O2/c18-16(19)25-12-6-5-11(21-10-12)9-22-17(20)23-14-7-8-24-15-4-2-1-3-13(14)15/h1-6,10,14,16H,7-9H2,(H3,20,22,23). The molecule has 1 aliphatic rings. The highest BCUT2D eigenvalue weighted by atomic mass is 19.3. The van der Waals surface area contributed by atoms with Crippen LogP contribution in [0, 0.1) is 0 Å². The Hall–Kier alpha value is -2.90. The van der Waals surface area contributed by atoms with Crippen molar-refractivity contribution in [2.45, 2.75) is 25.6 Å². The van der Waals surface area contributed by atoms with Crippen molar-refractivity contribution in [3.05, 3.63) is 53.9 Å². The van der Waals surface area contributed by atoms with Crippen LogP contribution in [-0.4, -0.2) is 24.2 Å². The summed E-state index contributed by atoms with van der Waals surface area (Å²) in [4.78, 5) is 8.26. The van der Waals surface area contributed by atoms with E-state index in [-0.39, 0.29) is 24.3 Å². The summed E-state index contributed by atoms with van der Waals surface area (Å²) < 4.78 is 34.1. The molecule has 1 unspecified atom stereocenters. The molecule has 1 aromatic carbocycles. The lowest BCUT2D eigenvalue weighted by atomic mass is 10.0. The third-order valence-corrected chi connectivity index (χ3v) is 3.71. The number of nitrogens with one attached hydrogen (secondary N) is 1. The van der Waals surface area contributed by atoms with E-state index in [9.17, 15) is 8.78 Å². The topological polar surface area (TPSA) is 81.8 Å². The Kier molecular flexibility index (Phi) is 5.27. The highest BCUT2D eigenvalue weighted by molar-refractivity contribution is 5.78. The molecule has 0 spiro atoms. The molecule has 8 heteroatoms. The molecule has 1 aliphatic heterocycles. The predicted octanol–water partition coefficient (Wildman–Crippen LogP) is 2.61. The van der Waals surface area contributed by atoms with E-state index in [0.29, 0.717) is 12.3 Å². The number of nitrogens with two attached hydrogens (primary N) is 1. The van der Waals surface area contributed by atoms with Gasteiger partial charge in [-0.25, -0.2) is 4.99 Å². The van der Waals surface area contributed by atoms with Crippen LogP contribution in [0.2, 0.25) is 0 Å². The maximum Gasteiger partial charge on any atom is 0.387 e. The average molecular weight is 348 g/mol. The third-order valence-electron chi connectivity index (χ3n) is 3.71. The molecular formula is C17H18F2N4O2. The van der Waals surface area contributed by atoms with Crippen LogP contribution >= 0.6 is 0 Å². The molecule has 1 atom stereocenters. The number of hydrogen-bond acceptors (Lipinski definition) is 4. The zero-order chi connectivity index (χ0) is 17.6. The second-order valence-corrected chi connectivity index (χ2v) is 5.44. The lowest BCUT2D eigenvalue weighted by molar-refractivity contribution is -0.0500. The molecular weight excluding hydrogens is 330 g/mol. The molecule has 2 aromatic rings. The van der Waals surface area contributed by atoms with E-state index in [1.54, 1.807) is 6.07 Å². The van der Waals surface area contributed by atoms with E-state index in [1.807, 2.05) is 24.3 Å². The summed E-state index contributed by atoms with van der Waals surface area (Å²) in [7, 11) is 0. The number of fused-ring (bicyclic) bond motifs is 1. The van der Waals surface area contributed by atoms with Gasteiger partial charge in [0.1, 0.15) is 11.5 Å². The minimum absolute atomic E-state index is 0.00707. The maximum absolute atomic E-state index is 12.1. The van der Waals surface area contributed by atoms with E-state index in [1.165, 1.54) is 12.3 Å². The number of guanidine groups is 1. The zero-order valence-corrected chi connectivity index (χ0v) is 13.4. The molecule has 3 rings (SSSR count). The van der Waals surface area contributed by atoms with Gasteiger partial charge in [-0.2, -0.15) is 8.78 Å². The predicted molar refractivity (Wildman–Crippen MR) is 88.6 cm³/mol. The number of alkyl halides is 2. The van der Waals surface area contributed by atoms with Crippen molar-refractivity contribution in [2.24, 2.45) is 10.7 Å². The number of benzene rings is 1. The average Bonchev–Trinajstić information content (AvgIpc) is 2.61. The lowest BCUT2D eigenvalue weighted by Gasteiger charge is -2.26. The summed E-state index contributed by atoms with van der Waals surface area (Å²) in [5, 5.41) is 3.18. The molecule has 0 saturated carbocycles. The minimum atomic E-state index is -2.87. The van der Waals surface area contributed by atoms with Crippen LogP contribution in [0.5, 0.6) is 11.5 Å². The Labute approximate surface area is 143 Å². The van der Waals surface area contributed by atoms with Crippen LogP contribution in [0.4, 0.5) is 8.78 Å². The summed E-state index contributed by atoms with van der Waals surface area (Å²) in [6.07, 6.45) is 2.01. The van der Waals surface area contributed by atoms with Crippen molar-refractivity contribution >= 4 is 5.96 Å². The minimum Gasteiger partial charge on any atom is -0.493 e. The summed E-state index contributed by atoms with van der Waals surface area (Å²) in [5.41, 5.74) is 7.59. The molecule has 3 N–H and O–H groups in total. The number of aliphatic imine (C=N–C) groups is 1. The second kappa shape index (κ2) is 7.78. The third kappa shape index (κ3) is 4.56. The van der Waals surface area contributed by atoms with Gasteiger partial charge < -0.3 is 20.5 Å². The fraction of sp³-hybridized carbons (Fsp3) is 0.294. The van der Waals surface area contributed by atoms with Gasteiger partial charge in [-0.1, -0.05) is 18.2 Å². The lowest BCUT2D eigenvalue weighted by Crippen LogP contribution is -2.37. The van der Waals surface area contributed by atoms with Gasteiger partial charge in [-0.3, -0.25) is 4.98 Å². The molecule has 0 radical (unpaired) electrons. The van der Waals surface area contributed by atoms with Gasteiger partial charge in [0.2, 0.25) is 0 Å². The fourth-order valence-corrected chi connectivity index (χ4v) is 2.56. The molecule has 132 valence electrons. The monoisotopic (exact) mass is 348 g/mol. The molecule has 0 aliphatic carbocycles. The van der Waals surface area contributed by atoms with Gasteiger partial charge in [0.15, 0.2) is 5.96 Å². The van der Waals surface area contributed by atoms with E-state index >= 15 is 0 Å². The maximum atomic E-state index is 12.1. The van der Waals surface area contributed by atoms with E-state index in [0.717, 1.165) is 17.7 Å². The molecule has 0 saturated heterocycles. The van der Waals surface area contributed by atoms with Crippen molar-refractivity contribution in [2.75, 3.05) is 6.61 Å². The van der Waals surface area contributed by atoms with Crippen LogP contribution in [0.3, 0.4) is 0 Å². The van der Waals surface area contributed by atoms with Crippen LogP contribution in [0.15, 0.2) is 47.6 Å². The largest absolute Gasteiger partial charge is 0.493 e. The van der Waals surface area contributed by atoms with Crippen LogP contribution in [-0.2, 0) is 6.54 Å². The molecule has 0 amide bonds. The Balaban J connectivity index is 1.59. The SMILES string of the molecule is NC(=NCc1ccc(OC(F)F)cn1)NC1CCOc2ccccc21. The van der Waals surface area contributed by atoms with Gasteiger partial charge >= 0.3 is 6.61 Å². The fourth-order valence-electron chi connectivity index (χ4n) is 2.56. The molecule has 0 fully saturated rings. The number of pyridine rings is 1. The quantitative estimate of drug-likeness (QED) is 0.641. The Morgan fingerprint density at radius 2 is 2.20 bits per heavy atom. The summed E-state index contributed by atoms with van der Waals surface area (Å²) in [6, 6.07) is 10.8. The van der Waals surface area contributed by atoms with Crippen molar-refractivity contribution in [1.29, 1.82) is 0 Å². The number of ether oxygens (including phenoxy) is 2. The van der Waals surface area contributed by atoms with E-state index in [4.69, 9.17) is 10.5 Å². The Bertz CT molecular complexity index is 738. The number of nitrogens with zero attached hydrogens (tertiary/aromatic N) is 2. The van der Waals surface area contributed by atoms with Crippen LogP contribution in [0.25, 0.3) is 0 Å². The first-order valence-corrected chi connectivity index (χ1v) is 7.80. The normalized spacial score (nSPS) is 16.9. The molecule has 2 heterocycles. The van der Waals surface area contributed by atoms with Crippen molar-refractivity contribution in [3.63, 3.8) is 0 Å². The number of halogens is 2. The molecule has 0 bridgehead atoms. The van der Waals surface area contributed by atoms with Gasteiger partial charge in [0.25, 0.3) is 0 Å². The van der Waals surface area contributed by atoms with Gasteiger partial charge in [0.05, 0.1) is 31.1 Å². The van der Waals surface area contributed by atoms with Gasteiger partial charge in [-0.05, 0) is 18.2 Å². The zero-order valence-electron chi connectivity index (χ0n) is 13.4. The van der Waals surface area contributed by atoms with Crippen molar-refractivity contribution in [3.8, 4) is 11.5 Å². The van der Waals surface area contributed by atoms with E-state index < -0.39 is 6.61 Å². The first-order chi connectivity index (χ1) is 12.1. The first kappa shape index (κ1) is 16.9. The van der Waals surface area contributed by atoms with Gasteiger partial charge in [0, 0.05) is 12.0 Å². The number of rotatable bonds is 5. The molecule has 1 aromatic heterocycles. The van der Waals surface area contributed by atoms with E-state index in [2.05, 4.69) is 20.0 Å². The van der Waals surface area contributed by atoms with Crippen molar-refractivity contribution in [1.82, 2.24) is 10.3 Å². The Morgan fingerprint density at radius 1 is 1.36 bits per heavy atom. The molecule has 25 heavy (non-hydrogen) atoms. The number of para-hydroxylation sites is 1. The highest BCUT2D eigenvalue weighted by Gasteiger charge is 2.21. The smallest absolute Gasteiger partial charge is 0.387 e. The van der Waals surface area contributed by atoms with Crippen LogP contribution in [0.1, 0.15) is 23.7 Å². The van der Waals surface area contributed by atoms with Gasteiger partial charge in [-0.15, -0.1) is 0 Å².